The molecule has 1 amide bonds. The number of hydrogen-bond donors (Lipinski definition) is 3. The van der Waals surface area contributed by atoms with Gasteiger partial charge < -0.3 is 15.5 Å². The molecule has 0 radical (unpaired) electrons. The van der Waals surface area contributed by atoms with Gasteiger partial charge in [-0.1, -0.05) is 18.2 Å². The summed E-state index contributed by atoms with van der Waals surface area (Å²) in [6, 6.07) is 16.0. The van der Waals surface area contributed by atoms with Crippen LogP contribution in [-0.4, -0.2) is 54.1 Å². The SMILES string of the molecule is Cc1cc(Nc2nc(N[C@@H]3C[C@H]4CC[C@@H](C3)N4C(=O)c3ccccn3)nc3ccccc23)n[nH]1. The standard InChI is InChI=1S/C25H26N8O/c1-15-12-22(32-31-15)29-23-19-6-2-3-7-20(19)28-25(30-23)27-16-13-17-9-10-18(14-16)33(17)24(34)21-8-4-5-11-26-21/h2-8,11-12,16-18H,9-10,13-14H2,1H3,(H3,27,28,29,30,31,32)/t16-,17-,18+. The van der Waals surface area contributed by atoms with Crippen molar-refractivity contribution in [3.8, 4) is 0 Å². The van der Waals surface area contributed by atoms with Crippen LogP contribution < -0.4 is 10.6 Å². The minimum Gasteiger partial charge on any atom is -0.351 e. The summed E-state index contributed by atoms with van der Waals surface area (Å²) in [5.74, 6) is 2.05. The summed E-state index contributed by atoms with van der Waals surface area (Å²) >= 11 is 0. The fourth-order valence-electron chi connectivity index (χ4n) is 5.27. The van der Waals surface area contributed by atoms with Gasteiger partial charge in [0.25, 0.3) is 5.91 Å². The molecule has 4 aromatic rings. The smallest absolute Gasteiger partial charge is 0.272 e. The van der Waals surface area contributed by atoms with Gasteiger partial charge in [0.05, 0.1) is 5.52 Å². The molecular weight excluding hydrogens is 428 g/mol. The Kier molecular flexibility index (Phi) is 5.09. The molecule has 0 unspecified atom stereocenters. The van der Waals surface area contributed by atoms with Gasteiger partial charge in [0, 0.05) is 41.5 Å². The second kappa shape index (κ2) is 8.40. The first-order chi connectivity index (χ1) is 16.6. The van der Waals surface area contributed by atoms with Crippen LogP contribution in [0.5, 0.6) is 0 Å². The summed E-state index contributed by atoms with van der Waals surface area (Å²) in [5.41, 5.74) is 2.36. The summed E-state index contributed by atoms with van der Waals surface area (Å²) in [7, 11) is 0. The average molecular weight is 455 g/mol. The molecule has 6 rings (SSSR count). The molecule has 0 saturated carbocycles. The lowest BCUT2D eigenvalue weighted by molar-refractivity contribution is 0.0576. The quantitative estimate of drug-likeness (QED) is 0.417. The number of aromatic amines is 1. The van der Waals surface area contributed by atoms with E-state index in [0.717, 1.165) is 42.3 Å². The number of H-pyrrole nitrogens is 1. The van der Waals surface area contributed by atoms with Crippen LogP contribution in [-0.2, 0) is 0 Å². The third kappa shape index (κ3) is 3.83. The zero-order valence-electron chi connectivity index (χ0n) is 18.9. The number of pyridine rings is 1. The number of benzene rings is 1. The third-order valence-corrected chi connectivity index (χ3v) is 6.74. The number of aryl methyl sites for hydroxylation is 1. The maximum absolute atomic E-state index is 13.1. The largest absolute Gasteiger partial charge is 0.351 e. The molecule has 0 aliphatic carbocycles. The Balaban J connectivity index is 1.23. The van der Waals surface area contributed by atoms with Crippen LogP contribution in [0.3, 0.4) is 0 Å². The van der Waals surface area contributed by atoms with Crippen molar-refractivity contribution >= 4 is 34.4 Å². The summed E-state index contributed by atoms with van der Waals surface area (Å²) in [4.78, 5) is 29.0. The minimum absolute atomic E-state index is 0.0364. The number of piperidine rings is 1. The van der Waals surface area contributed by atoms with Crippen LogP contribution in [0, 0.1) is 6.92 Å². The predicted molar refractivity (Wildman–Crippen MR) is 130 cm³/mol. The number of aromatic nitrogens is 5. The number of hydrogen-bond acceptors (Lipinski definition) is 7. The van der Waals surface area contributed by atoms with Gasteiger partial charge in [-0.15, -0.1) is 0 Å². The average Bonchev–Trinajstić information content (AvgIpc) is 3.38. The third-order valence-electron chi connectivity index (χ3n) is 6.74. The van der Waals surface area contributed by atoms with Crippen molar-refractivity contribution in [1.29, 1.82) is 0 Å². The minimum atomic E-state index is 0.0364. The van der Waals surface area contributed by atoms with E-state index in [9.17, 15) is 4.79 Å². The van der Waals surface area contributed by atoms with E-state index in [0.29, 0.717) is 23.3 Å². The molecule has 3 atom stereocenters. The molecule has 2 fully saturated rings. The van der Waals surface area contributed by atoms with E-state index in [1.807, 2.05) is 49.4 Å². The Morgan fingerprint density at radius 2 is 1.85 bits per heavy atom. The van der Waals surface area contributed by atoms with E-state index < -0.39 is 0 Å². The van der Waals surface area contributed by atoms with Gasteiger partial charge in [-0.25, -0.2) is 4.98 Å². The van der Waals surface area contributed by atoms with Crippen molar-refractivity contribution in [3.05, 3.63) is 66.1 Å². The highest BCUT2D eigenvalue weighted by molar-refractivity contribution is 5.93. The lowest BCUT2D eigenvalue weighted by Crippen LogP contribution is -2.50. The van der Waals surface area contributed by atoms with E-state index in [1.54, 1.807) is 12.3 Å². The first-order valence-electron chi connectivity index (χ1n) is 11.7. The Morgan fingerprint density at radius 3 is 2.59 bits per heavy atom. The van der Waals surface area contributed by atoms with Gasteiger partial charge in [0.2, 0.25) is 5.95 Å². The number of nitrogens with zero attached hydrogens (tertiary/aromatic N) is 5. The second-order valence-corrected chi connectivity index (χ2v) is 9.10. The fraction of sp³-hybridized carbons (Fsp3) is 0.320. The van der Waals surface area contributed by atoms with E-state index in [2.05, 4.69) is 30.7 Å². The monoisotopic (exact) mass is 454 g/mol. The molecule has 9 nitrogen and oxygen atoms in total. The molecule has 9 heteroatoms. The maximum Gasteiger partial charge on any atom is 0.272 e. The Bertz CT molecular complexity index is 1320. The molecule has 2 aliphatic heterocycles. The van der Waals surface area contributed by atoms with E-state index in [-0.39, 0.29) is 24.0 Å². The van der Waals surface area contributed by atoms with Crippen LogP contribution in [0.2, 0.25) is 0 Å². The molecule has 0 spiro atoms. The lowest BCUT2D eigenvalue weighted by Gasteiger charge is -2.39. The van der Waals surface area contributed by atoms with Crippen molar-refractivity contribution in [2.24, 2.45) is 0 Å². The van der Waals surface area contributed by atoms with Gasteiger partial charge in [-0.05, 0) is 56.9 Å². The molecule has 3 N–H and O–H groups in total. The van der Waals surface area contributed by atoms with Crippen LogP contribution in [0.1, 0.15) is 41.9 Å². The topological polar surface area (TPSA) is 112 Å². The van der Waals surface area contributed by atoms with Crippen molar-refractivity contribution < 1.29 is 4.79 Å². The number of amides is 1. The van der Waals surface area contributed by atoms with Crippen molar-refractivity contribution in [2.45, 2.75) is 50.7 Å². The first-order valence-corrected chi connectivity index (χ1v) is 11.7. The highest BCUT2D eigenvalue weighted by Gasteiger charge is 2.43. The molecule has 2 bridgehead atoms. The summed E-state index contributed by atoms with van der Waals surface area (Å²) < 4.78 is 0. The molecule has 3 aromatic heterocycles. The zero-order chi connectivity index (χ0) is 23.1. The summed E-state index contributed by atoms with van der Waals surface area (Å²) in [5, 5.41) is 15.0. The Morgan fingerprint density at radius 1 is 1.06 bits per heavy atom. The van der Waals surface area contributed by atoms with Gasteiger partial charge in [-0.3, -0.25) is 14.9 Å². The normalized spacial score (nSPS) is 21.6. The molecule has 5 heterocycles. The van der Waals surface area contributed by atoms with E-state index >= 15 is 0 Å². The van der Waals surface area contributed by atoms with Crippen LogP contribution in [0.4, 0.5) is 17.6 Å². The number of para-hydroxylation sites is 1. The number of rotatable bonds is 5. The highest BCUT2D eigenvalue weighted by Crippen LogP contribution is 2.37. The number of anilines is 3. The van der Waals surface area contributed by atoms with Gasteiger partial charge in [0.15, 0.2) is 5.82 Å². The number of fused-ring (bicyclic) bond motifs is 3. The van der Waals surface area contributed by atoms with Crippen molar-refractivity contribution in [3.63, 3.8) is 0 Å². The van der Waals surface area contributed by atoms with Gasteiger partial charge in [0.1, 0.15) is 11.5 Å². The first kappa shape index (κ1) is 20.6. The van der Waals surface area contributed by atoms with Crippen LogP contribution >= 0.6 is 0 Å². The van der Waals surface area contributed by atoms with Crippen LogP contribution in [0.15, 0.2) is 54.7 Å². The summed E-state index contributed by atoms with van der Waals surface area (Å²) in [6.45, 7) is 1.96. The molecule has 34 heavy (non-hydrogen) atoms. The number of carbonyl (C=O) groups is 1. The van der Waals surface area contributed by atoms with Crippen LogP contribution in [0.25, 0.3) is 10.9 Å². The second-order valence-electron chi connectivity index (χ2n) is 9.10. The molecule has 2 saturated heterocycles. The van der Waals surface area contributed by atoms with E-state index in [4.69, 9.17) is 9.97 Å². The molecule has 2 aliphatic rings. The molecule has 1 aromatic carbocycles. The summed E-state index contributed by atoms with van der Waals surface area (Å²) in [6.07, 6.45) is 5.45. The number of nitrogens with one attached hydrogen (secondary N) is 3. The molecule has 172 valence electrons. The fourth-order valence-corrected chi connectivity index (χ4v) is 5.27. The van der Waals surface area contributed by atoms with Gasteiger partial charge >= 0.3 is 0 Å². The van der Waals surface area contributed by atoms with E-state index in [1.165, 1.54) is 0 Å². The van der Waals surface area contributed by atoms with Crippen molar-refractivity contribution in [1.82, 2.24) is 30.0 Å². The van der Waals surface area contributed by atoms with Gasteiger partial charge in [-0.2, -0.15) is 10.1 Å². The predicted octanol–water partition coefficient (Wildman–Crippen LogP) is 4.05. The zero-order valence-corrected chi connectivity index (χ0v) is 18.9. The van der Waals surface area contributed by atoms with Crippen molar-refractivity contribution in [2.75, 3.05) is 10.6 Å². The number of carbonyl (C=O) groups excluding carboxylic acids is 1. The Hall–Kier alpha value is -4.01. The highest BCUT2D eigenvalue weighted by atomic mass is 16.2. The molecular formula is C25H26N8O. The lowest BCUT2D eigenvalue weighted by atomic mass is 9.97. The maximum atomic E-state index is 13.1. The Labute approximate surface area is 197 Å².